The predicted octanol–water partition coefficient (Wildman–Crippen LogP) is 2.29. The van der Waals surface area contributed by atoms with E-state index in [1.807, 2.05) is 0 Å². The summed E-state index contributed by atoms with van der Waals surface area (Å²) in [5, 5.41) is 10.2. The van der Waals surface area contributed by atoms with Crippen molar-refractivity contribution >= 4 is 11.9 Å². The van der Waals surface area contributed by atoms with Crippen LogP contribution in [0.2, 0.25) is 0 Å². The molecule has 1 aromatic heterocycles. The minimum atomic E-state index is -5.20. The van der Waals surface area contributed by atoms with E-state index in [1.54, 1.807) is 24.3 Å². The van der Waals surface area contributed by atoms with Gasteiger partial charge in [-0.25, -0.2) is 14.8 Å². The Morgan fingerprint density at radius 3 is 2.27 bits per heavy atom. The summed E-state index contributed by atoms with van der Waals surface area (Å²) in [4.78, 5) is 30.3. The van der Waals surface area contributed by atoms with E-state index in [0.29, 0.717) is 23.8 Å². The van der Waals surface area contributed by atoms with E-state index in [2.05, 4.69) is 9.97 Å². The zero-order valence-electron chi connectivity index (χ0n) is 13.7. The highest BCUT2D eigenvalue weighted by atomic mass is 19.4. The number of amides is 1. The third-order valence-corrected chi connectivity index (χ3v) is 3.62. The summed E-state index contributed by atoms with van der Waals surface area (Å²) >= 11 is 0. The number of nitrogens with one attached hydrogen (secondary N) is 1. The third-order valence-electron chi connectivity index (χ3n) is 3.62. The van der Waals surface area contributed by atoms with Crippen LogP contribution in [0.1, 0.15) is 17.5 Å². The van der Waals surface area contributed by atoms with Crippen LogP contribution < -0.4 is 10.1 Å². The van der Waals surface area contributed by atoms with Crippen LogP contribution in [0.4, 0.5) is 13.2 Å². The van der Waals surface area contributed by atoms with Crippen LogP contribution in [-0.2, 0) is 4.79 Å². The van der Waals surface area contributed by atoms with Gasteiger partial charge >= 0.3 is 12.1 Å². The number of benzene rings is 1. The number of hydrogen-bond donors (Lipinski definition) is 2. The Labute approximate surface area is 145 Å². The molecule has 0 aliphatic heterocycles. The summed E-state index contributed by atoms with van der Waals surface area (Å²) in [5.41, 5.74) is -2.29. The van der Waals surface area contributed by atoms with Gasteiger partial charge in [0.15, 0.2) is 0 Å². The van der Waals surface area contributed by atoms with E-state index >= 15 is 0 Å². The molecule has 0 spiro atoms. The first-order valence-corrected chi connectivity index (χ1v) is 7.17. The summed E-state index contributed by atoms with van der Waals surface area (Å²) < 4.78 is 43.9. The van der Waals surface area contributed by atoms with Gasteiger partial charge in [-0.1, -0.05) is 12.1 Å². The number of carbonyl (C=O) groups is 2. The van der Waals surface area contributed by atoms with E-state index in [0.717, 1.165) is 0 Å². The van der Waals surface area contributed by atoms with Crippen molar-refractivity contribution in [2.24, 2.45) is 0 Å². The zero-order chi connectivity index (χ0) is 19.5. The minimum absolute atomic E-state index is 0.345. The zero-order valence-corrected chi connectivity index (χ0v) is 13.7. The fraction of sp³-hybridized carbons (Fsp3) is 0.250. The topological polar surface area (TPSA) is 101 Å². The maximum absolute atomic E-state index is 12.9. The number of ether oxygens (including phenoxy) is 1. The highest BCUT2D eigenvalue weighted by molar-refractivity contribution is 5.95. The fourth-order valence-corrected chi connectivity index (χ4v) is 1.93. The molecule has 2 rings (SSSR count). The number of rotatable bonds is 5. The SMILES string of the molecule is COc1cccc(-c2cnc(C(=O)NC(C)(C(=O)O)C(F)(F)F)nc2)c1. The maximum atomic E-state index is 12.9. The first kappa shape index (κ1) is 19.2. The number of aromatic nitrogens is 2. The number of aliphatic carboxylic acids is 1. The quantitative estimate of drug-likeness (QED) is 0.839. The van der Waals surface area contributed by atoms with Gasteiger partial charge in [0.1, 0.15) is 5.75 Å². The number of methoxy groups -OCH3 is 1. The standard InChI is InChI=1S/C16H14F3N3O4/c1-15(14(24)25,16(17,18)19)22-13(23)12-20-7-10(8-21-12)9-4-3-5-11(6-9)26-2/h3-8H,1-2H3,(H,22,23)(H,24,25). The summed E-state index contributed by atoms with van der Waals surface area (Å²) in [7, 11) is 1.49. The van der Waals surface area contributed by atoms with Crippen molar-refractivity contribution in [2.75, 3.05) is 7.11 Å². The largest absolute Gasteiger partial charge is 0.497 e. The molecule has 0 aliphatic rings. The van der Waals surface area contributed by atoms with Gasteiger partial charge in [0.05, 0.1) is 7.11 Å². The lowest BCUT2D eigenvalue weighted by Gasteiger charge is -2.28. The van der Waals surface area contributed by atoms with Crippen LogP contribution in [-0.4, -0.2) is 45.8 Å². The first-order valence-electron chi connectivity index (χ1n) is 7.17. The molecule has 138 valence electrons. The van der Waals surface area contributed by atoms with Crippen LogP contribution >= 0.6 is 0 Å². The molecular formula is C16H14F3N3O4. The van der Waals surface area contributed by atoms with E-state index in [-0.39, 0.29) is 0 Å². The molecule has 0 bridgehead atoms. The van der Waals surface area contributed by atoms with Gasteiger partial charge in [-0.15, -0.1) is 0 Å². The molecule has 0 radical (unpaired) electrons. The van der Waals surface area contributed by atoms with Crippen molar-refractivity contribution in [1.82, 2.24) is 15.3 Å². The fourth-order valence-electron chi connectivity index (χ4n) is 1.93. The lowest BCUT2D eigenvalue weighted by atomic mass is 10.0. The van der Waals surface area contributed by atoms with E-state index < -0.39 is 29.4 Å². The van der Waals surface area contributed by atoms with E-state index in [4.69, 9.17) is 9.84 Å². The molecular weight excluding hydrogens is 355 g/mol. The van der Waals surface area contributed by atoms with Gasteiger partial charge in [-0.3, -0.25) is 4.79 Å². The van der Waals surface area contributed by atoms with Gasteiger partial charge in [-0.05, 0) is 24.6 Å². The molecule has 0 saturated heterocycles. The van der Waals surface area contributed by atoms with Crippen molar-refractivity contribution in [3.8, 4) is 16.9 Å². The van der Waals surface area contributed by atoms with Gasteiger partial charge in [0.25, 0.3) is 5.91 Å². The van der Waals surface area contributed by atoms with Crippen molar-refractivity contribution in [2.45, 2.75) is 18.6 Å². The Hall–Kier alpha value is -3.17. The number of carboxylic acids is 1. The molecule has 0 saturated carbocycles. The molecule has 26 heavy (non-hydrogen) atoms. The van der Waals surface area contributed by atoms with E-state index in [9.17, 15) is 22.8 Å². The van der Waals surface area contributed by atoms with Gasteiger partial charge < -0.3 is 15.2 Å². The Kier molecular flexibility index (Phi) is 5.15. The Balaban J connectivity index is 2.24. The Morgan fingerprint density at radius 2 is 1.77 bits per heavy atom. The first-order chi connectivity index (χ1) is 12.1. The monoisotopic (exact) mass is 369 g/mol. The van der Waals surface area contributed by atoms with Crippen LogP contribution in [0.25, 0.3) is 11.1 Å². The normalized spacial score (nSPS) is 13.6. The average Bonchev–Trinajstić information content (AvgIpc) is 2.60. The number of nitrogens with zero attached hydrogens (tertiary/aromatic N) is 2. The second kappa shape index (κ2) is 6.98. The average molecular weight is 369 g/mol. The highest BCUT2D eigenvalue weighted by Gasteiger charge is 2.58. The molecule has 7 nitrogen and oxygen atoms in total. The third kappa shape index (κ3) is 3.73. The number of halogens is 3. The Morgan fingerprint density at radius 1 is 1.15 bits per heavy atom. The second-order valence-corrected chi connectivity index (χ2v) is 5.41. The molecule has 2 N–H and O–H groups in total. The maximum Gasteiger partial charge on any atom is 0.422 e. The second-order valence-electron chi connectivity index (χ2n) is 5.41. The van der Waals surface area contributed by atoms with Crippen LogP contribution in [0, 0.1) is 0 Å². The van der Waals surface area contributed by atoms with Gasteiger partial charge in [-0.2, -0.15) is 13.2 Å². The molecule has 0 aliphatic carbocycles. The molecule has 1 amide bonds. The molecule has 2 aromatic rings. The summed E-state index contributed by atoms with van der Waals surface area (Å²) in [6, 6.07) is 6.85. The molecule has 1 unspecified atom stereocenters. The highest BCUT2D eigenvalue weighted by Crippen LogP contribution is 2.30. The molecule has 1 atom stereocenters. The summed E-state index contributed by atoms with van der Waals surface area (Å²) in [6.07, 6.45) is -2.72. The van der Waals surface area contributed by atoms with Crippen molar-refractivity contribution in [1.29, 1.82) is 0 Å². The Bertz CT molecular complexity index is 824. The molecule has 0 fully saturated rings. The van der Waals surface area contributed by atoms with Crippen LogP contribution in [0.15, 0.2) is 36.7 Å². The lowest BCUT2D eigenvalue weighted by molar-refractivity contribution is -0.203. The number of hydrogen-bond acceptors (Lipinski definition) is 5. The van der Waals surface area contributed by atoms with Crippen molar-refractivity contribution in [3.63, 3.8) is 0 Å². The van der Waals surface area contributed by atoms with Crippen molar-refractivity contribution < 1.29 is 32.6 Å². The van der Waals surface area contributed by atoms with Crippen LogP contribution in [0.5, 0.6) is 5.75 Å². The molecule has 1 aromatic carbocycles. The smallest absolute Gasteiger partial charge is 0.422 e. The summed E-state index contributed by atoms with van der Waals surface area (Å²) in [5.74, 6) is -3.61. The molecule has 1 heterocycles. The van der Waals surface area contributed by atoms with Crippen LogP contribution in [0.3, 0.4) is 0 Å². The minimum Gasteiger partial charge on any atom is -0.497 e. The number of alkyl halides is 3. The van der Waals surface area contributed by atoms with E-state index in [1.165, 1.54) is 24.8 Å². The molecule has 10 heteroatoms. The predicted molar refractivity (Wildman–Crippen MR) is 83.6 cm³/mol. The number of carbonyl (C=O) groups excluding carboxylic acids is 1. The van der Waals surface area contributed by atoms with Crippen molar-refractivity contribution in [3.05, 3.63) is 42.5 Å². The number of carboxylic acid groups (broad SMARTS) is 1. The lowest BCUT2D eigenvalue weighted by Crippen LogP contribution is -2.62. The summed E-state index contributed by atoms with van der Waals surface area (Å²) in [6.45, 7) is 0.345. The van der Waals surface area contributed by atoms with Gasteiger partial charge in [0.2, 0.25) is 11.4 Å². The van der Waals surface area contributed by atoms with Gasteiger partial charge in [0, 0.05) is 18.0 Å².